The predicted molar refractivity (Wildman–Crippen MR) is 119 cm³/mol. The van der Waals surface area contributed by atoms with Crippen molar-refractivity contribution in [3.63, 3.8) is 0 Å². The van der Waals surface area contributed by atoms with Crippen molar-refractivity contribution in [1.29, 1.82) is 0 Å². The van der Waals surface area contributed by atoms with Crippen molar-refractivity contribution >= 4 is 23.4 Å². The van der Waals surface area contributed by atoms with Crippen LogP contribution in [0, 0.1) is 0 Å². The number of fused-ring (bicyclic) bond motifs is 5. The molecule has 1 unspecified atom stereocenters. The highest BCUT2D eigenvalue weighted by molar-refractivity contribution is 6.18. The summed E-state index contributed by atoms with van der Waals surface area (Å²) < 4.78 is 10.9. The van der Waals surface area contributed by atoms with Gasteiger partial charge >= 0.3 is 0 Å². The molecule has 4 rings (SSSR count). The highest BCUT2D eigenvalue weighted by atomic mass is 16.5. The van der Waals surface area contributed by atoms with Crippen LogP contribution < -0.4 is 19.7 Å². The van der Waals surface area contributed by atoms with Crippen molar-refractivity contribution in [1.82, 2.24) is 10.2 Å². The van der Waals surface area contributed by atoms with E-state index < -0.39 is 6.17 Å². The molecule has 8 heteroatoms. The molecule has 3 amide bonds. The molecule has 2 aliphatic rings. The number of anilines is 1. The fraction of sp³-hybridized carbons (Fsp3) is 0.375. The topological polar surface area (TPSA) is 88.2 Å². The van der Waals surface area contributed by atoms with E-state index in [0.717, 1.165) is 0 Å². The van der Waals surface area contributed by atoms with Gasteiger partial charge in [0.05, 0.1) is 31.0 Å². The molecule has 0 saturated heterocycles. The number of para-hydroxylation sites is 1. The van der Waals surface area contributed by atoms with Gasteiger partial charge in [-0.25, -0.2) is 0 Å². The number of amides is 3. The molecule has 2 aliphatic heterocycles. The Balaban J connectivity index is 1.74. The van der Waals surface area contributed by atoms with Gasteiger partial charge in [0.1, 0.15) is 6.17 Å². The average molecular weight is 437 g/mol. The van der Waals surface area contributed by atoms with E-state index in [1.807, 2.05) is 19.9 Å². The molecule has 0 spiro atoms. The first-order valence-electron chi connectivity index (χ1n) is 10.7. The summed E-state index contributed by atoms with van der Waals surface area (Å²) in [7, 11) is 3.01. The molecule has 0 fully saturated rings. The molecule has 0 saturated carbocycles. The lowest BCUT2D eigenvalue weighted by atomic mass is 10.0. The number of methoxy groups -OCH3 is 2. The van der Waals surface area contributed by atoms with Crippen LogP contribution in [0.2, 0.25) is 0 Å². The lowest BCUT2D eigenvalue weighted by Crippen LogP contribution is -2.48. The largest absolute Gasteiger partial charge is 0.493 e. The molecule has 0 radical (unpaired) electrons. The van der Waals surface area contributed by atoms with Gasteiger partial charge in [-0.05, 0) is 38.5 Å². The summed E-state index contributed by atoms with van der Waals surface area (Å²) in [6.45, 7) is 4.15. The second-order valence-electron chi connectivity index (χ2n) is 8.16. The smallest absolute Gasteiger partial charge is 0.264 e. The van der Waals surface area contributed by atoms with Gasteiger partial charge in [-0.15, -0.1) is 0 Å². The predicted octanol–water partition coefficient (Wildman–Crippen LogP) is 3.12. The van der Waals surface area contributed by atoms with Crippen molar-refractivity contribution in [2.75, 3.05) is 25.7 Å². The fourth-order valence-electron chi connectivity index (χ4n) is 4.46. The lowest BCUT2D eigenvalue weighted by molar-refractivity contribution is -0.121. The Bertz CT molecular complexity index is 1080. The molecule has 2 aromatic carbocycles. The first-order chi connectivity index (χ1) is 15.4. The summed E-state index contributed by atoms with van der Waals surface area (Å²) in [6.07, 6.45) is 0.171. The van der Waals surface area contributed by atoms with Gasteiger partial charge in [0, 0.05) is 24.6 Å². The van der Waals surface area contributed by atoms with Crippen molar-refractivity contribution in [2.24, 2.45) is 0 Å². The normalized spacial score (nSPS) is 16.6. The van der Waals surface area contributed by atoms with Crippen LogP contribution in [0.15, 0.2) is 36.4 Å². The molecule has 168 valence electrons. The Kier molecular flexibility index (Phi) is 5.78. The maximum absolute atomic E-state index is 13.6. The molecule has 8 nitrogen and oxygen atoms in total. The number of carbonyl (C=O) groups is 3. The third-order valence-corrected chi connectivity index (χ3v) is 5.74. The molecule has 32 heavy (non-hydrogen) atoms. The minimum Gasteiger partial charge on any atom is -0.493 e. The van der Waals surface area contributed by atoms with Gasteiger partial charge in [0.2, 0.25) is 5.91 Å². The highest BCUT2D eigenvalue weighted by Gasteiger charge is 2.49. The van der Waals surface area contributed by atoms with E-state index in [1.54, 1.807) is 40.1 Å². The third-order valence-electron chi connectivity index (χ3n) is 5.74. The second-order valence-corrected chi connectivity index (χ2v) is 8.16. The van der Waals surface area contributed by atoms with Gasteiger partial charge in [-0.1, -0.05) is 18.2 Å². The van der Waals surface area contributed by atoms with Gasteiger partial charge < -0.3 is 19.7 Å². The summed E-state index contributed by atoms with van der Waals surface area (Å²) in [5, 5.41) is 2.87. The van der Waals surface area contributed by atoms with E-state index in [1.165, 1.54) is 14.2 Å². The van der Waals surface area contributed by atoms with Crippen molar-refractivity contribution < 1.29 is 23.9 Å². The van der Waals surface area contributed by atoms with E-state index >= 15 is 0 Å². The maximum atomic E-state index is 13.6. The molecule has 2 aromatic rings. The summed E-state index contributed by atoms with van der Waals surface area (Å²) in [4.78, 5) is 42.4. The average Bonchev–Trinajstić information content (AvgIpc) is 3.07. The Hall–Kier alpha value is -3.55. The van der Waals surface area contributed by atoms with Gasteiger partial charge in [-0.3, -0.25) is 19.3 Å². The first kappa shape index (κ1) is 21.7. The molecule has 0 aliphatic carbocycles. The van der Waals surface area contributed by atoms with Gasteiger partial charge in [-0.2, -0.15) is 0 Å². The van der Waals surface area contributed by atoms with Crippen LogP contribution in [0.3, 0.4) is 0 Å². The Labute approximate surface area is 187 Å². The summed E-state index contributed by atoms with van der Waals surface area (Å²) in [5.41, 5.74) is 2.10. The zero-order valence-electron chi connectivity index (χ0n) is 18.7. The number of nitrogens with zero attached hydrogens (tertiary/aromatic N) is 2. The minimum atomic E-state index is -0.604. The number of carbonyl (C=O) groups excluding carboxylic acids is 3. The second kappa shape index (κ2) is 8.53. The Morgan fingerprint density at radius 2 is 1.81 bits per heavy atom. The quantitative estimate of drug-likeness (QED) is 0.719. The van der Waals surface area contributed by atoms with Crippen molar-refractivity contribution in [2.45, 2.75) is 38.9 Å². The molecule has 1 atom stereocenters. The van der Waals surface area contributed by atoms with E-state index in [-0.39, 0.29) is 23.8 Å². The molecule has 1 N–H and O–H groups in total. The molecular formula is C24H27N3O5. The maximum Gasteiger partial charge on any atom is 0.264 e. The van der Waals surface area contributed by atoms with Crippen LogP contribution in [0.25, 0.3) is 0 Å². The number of hydrogen-bond donors (Lipinski definition) is 1. The van der Waals surface area contributed by atoms with Crippen LogP contribution in [0.5, 0.6) is 11.5 Å². The highest BCUT2D eigenvalue weighted by Crippen LogP contribution is 2.49. The molecular weight excluding hydrogens is 410 g/mol. The van der Waals surface area contributed by atoms with E-state index in [2.05, 4.69) is 5.32 Å². The summed E-state index contributed by atoms with van der Waals surface area (Å²) in [6, 6.07) is 10.7. The SMILES string of the molecule is COc1ccc2c(c1OC)C(=O)N1c3ccccc3C(=O)N(CCCC(=O)NC(C)C)C21. The number of rotatable bonds is 7. The van der Waals surface area contributed by atoms with Crippen LogP contribution >= 0.6 is 0 Å². The molecule has 2 heterocycles. The Morgan fingerprint density at radius 1 is 1.06 bits per heavy atom. The minimum absolute atomic E-state index is 0.0586. The number of nitrogens with one attached hydrogen (secondary N) is 1. The van der Waals surface area contributed by atoms with Gasteiger partial charge in [0.15, 0.2) is 11.5 Å². The van der Waals surface area contributed by atoms with E-state index in [0.29, 0.717) is 53.3 Å². The third kappa shape index (κ3) is 3.45. The first-order valence-corrected chi connectivity index (χ1v) is 10.7. The van der Waals surface area contributed by atoms with Crippen LogP contribution in [-0.4, -0.2) is 49.4 Å². The number of ether oxygens (including phenoxy) is 2. The zero-order valence-corrected chi connectivity index (χ0v) is 18.7. The van der Waals surface area contributed by atoms with Crippen LogP contribution in [-0.2, 0) is 4.79 Å². The zero-order chi connectivity index (χ0) is 23.0. The van der Waals surface area contributed by atoms with Crippen molar-refractivity contribution in [3.05, 3.63) is 53.1 Å². The number of hydrogen-bond acceptors (Lipinski definition) is 5. The molecule has 0 bridgehead atoms. The number of benzene rings is 2. The van der Waals surface area contributed by atoms with E-state index in [4.69, 9.17) is 9.47 Å². The summed E-state index contributed by atoms with van der Waals surface area (Å²) in [5.74, 6) is 0.336. The fourth-order valence-corrected chi connectivity index (χ4v) is 4.46. The molecule has 0 aromatic heterocycles. The lowest BCUT2D eigenvalue weighted by Gasteiger charge is -2.41. The monoisotopic (exact) mass is 437 g/mol. The summed E-state index contributed by atoms with van der Waals surface area (Å²) >= 11 is 0. The van der Waals surface area contributed by atoms with Crippen molar-refractivity contribution in [3.8, 4) is 11.5 Å². The van der Waals surface area contributed by atoms with Crippen LogP contribution in [0.4, 0.5) is 5.69 Å². The van der Waals surface area contributed by atoms with Crippen LogP contribution in [0.1, 0.15) is 59.1 Å². The standard InChI is InChI=1S/C24H27N3O5/c1-14(2)25-19(28)10-7-13-26-22-16-11-12-18(31-3)21(32-4)20(16)24(30)27(22)17-9-6-5-8-15(17)23(26)29/h5-6,8-9,11-12,14,22H,7,10,13H2,1-4H3,(H,25,28). The van der Waals surface area contributed by atoms with E-state index in [9.17, 15) is 14.4 Å². The Morgan fingerprint density at radius 3 is 2.50 bits per heavy atom. The van der Waals surface area contributed by atoms with Gasteiger partial charge in [0.25, 0.3) is 11.8 Å².